The fourth-order valence-corrected chi connectivity index (χ4v) is 3.59. The summed E-state index contributed by atoms with van der Waals surface area (Å²) in [5.41, 5.74) is 0. The summed E-state index contributed by atoms with van der Waals surface area (Å²) in [7, 11) is 1.69. The third-order valence-electron chi connectivity index (χ3n) is 4.31. The van der Waals surface area contributed by atoms with Crippen LogP contribution in [0.2, 0.25) is 0 Å². The monoisotopic (exact) mass is 377 g/mol. The first-order valence-corrected chi connectivity index (χ1v) is 9.60. The van der Waals surface area contributed by atoms with Gasteiger partial charge in [0.2, 0.25) is 5.89 Å². The molecule has 0 bridgehead atoms. The fraction of sp³-hybridized carbons (Fsp3) is 0.529. The standard InChI is InChI=1S/C17H23N5O3S/c1-3-15-19-14(20-25-15)11-21(2)17(24)18-12-6-4-8-22(10-12)16(23)13-7-5-9-26-13/h5,7,9,12H,3-4,6,8,10-11H2,1-2H3,(H,18,24)/t12-/m0/s1. The van der Waals surface area contributed by atoms with Gasteiger partial charge in [-0.3, -0.25) is 4.79 Å². The number of urea groups is 1. The van der Waals surface area contributed by atoms with Gasteiger partial charge in [-0.1, -0.05) is 18.1 Å². The van der Waals surface area contributed by atoms with Gasteiger partial charge < -0.3 is 19.6 Å². The number of piperidine rings is 1. The highest BCUT2D eigenvalue weighted by atomic mass is 32.1. The molecule has 3 heterocycles. The van der Waals surface area contributed by atoms with E-state index in [1.165, 1.54) is 16.2 Å². The van der Waals surface area contributed by atoms with Crippen LogP contribution in [0.5, 0.6) is 0 Å². The van der Waals surface area contributed by atoms with Crippen molar-refractivity contribution in [2.75, 3.05) is 20.1 Å². The normalized spacial score (nSPS) is 17.2. The molecule has 0 aliphatic carbocycles. The lowest BCUT2D eigenvalue weighted by atomic mass is 10.1. The van der Waals surface area contributed by atoms with Crippen LogP contribution < -0.4 is 5.32 Å². The Bertz CT molecular complexity index is 745. The van der Waals surface area contributed by atoms with Crippen LogP contribution in [0.1, 0.15) is 41.2 Å². The molecule has 140 valence electrons. The molecule has 0 radical (unpaired) electrons. The number of likely N-dealkylation sites (tertiary alicyclic amines) is 1. The number of amides is 3. The van der Waals surface area contributed by atoms with Gasteiger partial charge in [0, 0.05) is 32.6 Å². The smallest absolute Gasteiger partial charge is 0.317 e. The maximum absolute atomic E-state index is 12.5. The first-order chi connectivity index (χ1) is 12.6. The molecule has 0 saturated carbocycles. The van der Waals surface area contributed by atoms with E-state index in [1.807, 2.05) is 29.3 Å². The molecule has 0 spiro atoms. The molecule has 8 nitrogen and oxygen atoms in total. The molecule has 9 heteroatoms. The molecule has 26 heavy (non-hydrogen) atoms. The highest BCUT2D eigenvalue weighted by molar-refractivity contribution is 7.12. The van der Waals surface area contributed by atoms with Crippen LogP contribution in [0.4, 0.5) is 4.79 Å². The maximum atomic E-state index is 12.5. The van der Waals surface area contributed by atoms with Crippen molar-refractivity contribution in [1.29, 1.82) is 0 Å². The van der Waals surface area contributed by atoms with Crippen LogP contribution in [0.15, 0.2) is 22.0 Å². The van der Waals surface area contributed by atoms with Crippen molar-refractivity contribution in [3.05, 3.63) is 34.1 Å². The summed E-state index contributed by atoms with van der Waals surface area (Å²) in [4.78, 5) is 33.2. The molecule has 2 aromatic rings. The van der Waals surface area contributed by atoms with E-state index >= 15 is 0 Å². The number of aromatic nitrogens is 2. The zero-order valence-corrected chi connectivity index (χ0v) is 15.8. The van der Waals surface area contributed by atoms with Gasteiger partial charge in [0.05, 0.1) is 11.4 Å². The second-order valence-electron chi connectivity index (χ2n) is 6.33. The van der Waals surface area contributed by atoms with E-state index in [-0.39, 0.29) is 24.5 Å². The van der Waals surface area contributed by atoms with Gasteiger partial charge in [0.25, 0.3) is 5.91 Å². The number of rotatable bonds is 5. The van der Waals surface area contributed by atoms with Crippen molar-refractivity contribution in [3.63, 3.8) is 0 Å². The topological polar surface area (TPSA) is 91.6 Å². The van der Waals surface area contributed by atoms with Gasteiger partial charge in [-0.2, -0.15) is 4.98 Å². The molecule has 1 aliphatic heterocycles. The predicted octanol–water partition coefficient (Wildman–Crippen LogP) is 2.14. The number of nitrogens with zero attached hydrogens (tertiary/aromatic N) is 4. The van der Waals surface area contributed by atoms with Crippen LogP contribution in [-0.4, -0.2) is 58.1 Å². The summed E-state index contributed by atoms with van der Waals surface area (Å²) >= 11 is 1.44. The van der Waals surface area contributed by atoms with Gasteiger partial charge in [0.15, 0.2) is 5.82 Å². The van der Waals surface area contributed by atoms with Gasteiger partial charge in [-0.15, -0.1) is 11.3 Å². The highest BCUT2D eigenvalue weighted by Crippen LogP contribution is 2.17. The minimum absolute atomic E-state index is 0.0335. The van der Waals surface area contributed by atoms with Crippen molar-refractivity contribution in [1.82, 2.24) is 25.3 Å². The molecule has 1 saturated heterocycles. The van der Waals surface area contributed by atoms with Gasteiger partial charge in [-0.25, -0.2) is 4.79 Å². The van der Waals surface area contributed by atoms with Crippen molar-refractivity contribution in [3.8, 4) is 0 Å². The van der Waals surface area contributed by atoms with Crippen molar-refractivity contribution in [2.45, 2.75) is 38.8 Å². The summed E-state index contributed by atoms with van der Waals surface area (Å²) < 4.78 is 5.06. The lowest BCUT2D eigenvalue weighted by Crippen LogP contribution is -2.52. The predicted molar refractivity (Wildman–Crippen MR) is 96.9 cm³/mol. The Morgan fingerprint density at radius 3 is 3.04 bits per heavy atom. The van der Waals surface area contributed by atoms with E-state index in [2.05, 4.69) is 15.5 Å². The molecule has 1 aliphatic rings. The van der Waals surface area contributed by atoms with Crippen LogP contribution in [0, 0.1) is 0 Å². The minimum atomic E-state index is -0.205. The van der Waals surface area contributed by atoms with E-state index < -0.39 is 0 Å². The average Bonchev–Trinajstić information content (AvgIpc) is 3.33. The Kier molecular flexibility index (Phi) is 5.87. The van der Waals surface area contributed by atoms with Crippen LogP contribution in [-0.2, 0) is 13.0 Å². The molecule has 1 atom stereocenters. The first kappa shape index (κ1) is 18.4. The number of carbonyl (C=O) groups is 2. The third-order valence-corrected chi connectivity index (χ3v) is 5.16. The molecular weight excluding hydrogens is 354 g/mol. The fourth-order valence-electron chi connectivity index (χ4n) is 2.90. The van der Waals surface area contributed by atoms with Crippen LogP contribution >= 0.6 is 11.3 Å². The summed E-state index contributed by atoms with van der Waals surface area (Å²) in [5, 5.41) is 8.76. The van der Waals surface area contributed by atoms with Crippen LogP contribution in [0.25, 0.3) is 0 Å². The van der Waals surface area contributed by atoms with Gasteiger partial charge in [0.1, 0.15) is 0 Å². The van der Waals surface area contributed by atoms with Gasteiger partial charge in [-0.05, 0) is 24.3 Å². The van der Waals surface area contributed by atoms with E-state index in [0.29, 0.717) is 24.7 Å². The maximum Gasteiger partial charge on any atom is 0.317 e. The van der Waals surface area contributed by atoms with E-state index in [0.717, 1.165) is 24.3 Å². The first-order valence-electron chi connectivity index (χ1n) is 8.72. The number of hydrogen-bond acceptors (Lipinski definition) is 6. The molecule has 2 aromatic heterocycles. The second-order valence-corrected chi connectivity index (χ2v) is 7.28. The Hall–Kier alpha value is -2.42. The molecular formula is C17H23N5O3S. The molecule has 1 fully saturated rings. The average molecular weight is 377 g/mol. The highest BCUT2D eigenvalue weighted by Gasteiger charge is 2.27. The van der Waals surface area contributed by atoms with E-state index in [4.69, 9.17) is 4.52 Å². The minimum Gasteiger partial charge on any atom is -0.339 e. The SMILES string of the molecule is CCc1nc(CN(C)C(=O)N[C@H]2CCCN(C(=O)c3cccs3)C2)no1. The number of carbonyl (C=O) groups excluding carboxylic acids is 2. The van der Waals surface area contributed by atoms with Crippen molar-refractivity contribution >= 4 is 23.3 Å². The van der Waals surface area contributed by atoms with Crippen molar-refractivity contribution < 1.29 is 14.1 Å². The summed E-state index contributed by atoms with van der Waals surface area (Å²) in [6.45, 7) is 3.46. The lowest BCUT2D eigenvalue weighted by molar-refractivity contribution is 0.0699. The van der Waals surface area contributed by atoms with Crippen molar-refractivity contribution in [2.24, 2.45) is 0 Å². The number of hydrogen-bond donors (Lipinski definition) is 1. The summed E-state index contributed by atoms with van der Waals surface area (Å²) in [5.74, 6) is 1.08. The third kappa shape index (κ3) is 4.40. The Labute approximate surface area is 156 Å². The summed E-state index contributed by atoms with van der Waals surface area (Å²) in [6.07, 6.45) is 2.39. The molecule has 3 rings (SSSR count). The van der Waals surface area contributed by atoms with E-state index in [1.54, 1.807) is 7.05 Å². The van der Waals surface area contributed by atoms with Crippen LogP contribution in [0.3, 0.4) is 0 Å². The quantitative estimate of drug-likeness (QED) is 0.862. The lowest BCUT2D eigenvalue weighted by Gasteiger charge is -2.33. The zero-order chi connectivity index (χ0) is 18.5. The zero-order valence-electron chi connectivity index (χ0n) is 15.0. The molecule has 0 unspecified atom stereocenters. The summed E-state index contributed by atoms with van der Waals surface area (Å²) in [6, 6.07) is 3.44. The molecule has 0 aromatic carbocycles. The molecule has 3 amide bonds. The number of aryl methyl sites for hydroxylation is 1. The van der Waals surface area contributed by atoms with E-state index in [9.17, 15) is 9.59 Å². The Morgan fingerprint density at radius 2 is 2.35 bits per heavy atom. The number of nitrogens with one attached hydrogen (secondary N) is 1. The molecule has 1 N–H and O–H groups in total. The number of thiophene rings is 1. The second kappa shape index (κ2) is 8.31. The Balaban J connectivity index is 1.52. The Morgan fingerprint density at radius 1 is 1.50 bits per heavy atom. The largest absolute Gasteiger partial charge is 0.339 e. The van der Waals surface area contributed by atoms with Gasteiger partial charge >= 0.3 is 6.03 Å².